The molecular weight excluding hydrogens is 602 g/mol. The van der Waals surface area contributed by atoms with Gasteiger partial charge in [-0.15, -0.1) is 10.2 Å². The molecule has 0 aliphatic carbocycles. The number of benzene rings is 1. The highest BCUT2D eigenvalue weighted by molar-refractivity contribution is 7.92. The molecule has 0 bridgehead atoms. The standard InChI is InChI=1S/C29H31N9O6S/c1-16-12-18(3)28(31-14-16)45(40,41)36-26-23(44-22-17(2)8-7-9-21(22)42-6)27(43-15-29(4,5)39)33-24(32-26)19-10-11-30-20(13-19)25-34-37-38-35-25/h7-14,39H,15H2,1-6H3,(H,32,33,36)(H,34,35,37,38)/i12D,14D. The Morgan fingerprint density at radius 1 is 1.07 bits per heavy atom. The topological polar surface area (TPSA) is 200 Å². The molecule has 0 atom stereocenters. The van der Waals surface area contributed by atoms with E-state index in [0.29, 0.717) is 22.6 Å². The van der Waals surface area contributed by atoms with E-state index in [1.54, 1.807) is 37.3 Å². The Morgan fingerprint density at radius 3 is 2.58 bits per heavy atom. The van der Waals surface area contributed by atoms with Crippen LogP contribution in [0, 0.1) is 20.8 Å². The predicted octanol–water partition coefficient (Wildman–Crippen LogP) is 3.79. The Kier molecular flexibility index (Phi) is 7.87. The molecule has 5 aromatic rings. The first-order chi connectivity index (χ1) is 22.2. The molecule has 234 valence electrons. The van der Waals surface area contributed by atoms with Crippen LogP contribution in [0.15, 0.2) is 53.8 Å². The lowest BCUT2D eigenvalue weighted by atomic mass is 10.2. The number of nitrogens with one attached hydrogen (secondary N) is 2. The van der Waals surface area contributed by atoms with Crippen LogP contribution in [-0.2, 0) is 10.0 Å². The van der Waals surface area contributed by atoms with Crippen molar-refractivity contribution in [1.29, 1.82) is 0 Å². The number of methoxy groups -OCH3 is 1. The van der Waals surface area contributed by atoms with E-state index in [-0.39, 0.29) is 64.8 Å². The van der Waals surface area contributed by atoms with Crippen molar-refractivity contribution in [2.24, 2.45) is 0 Å². The second-order valence-corrected chi connectivity index (χ2v) is 12.1. The first-order valence-corrected chi connectivity index (χ1v) is 14.9. The van der Waals surface area contributed by atoms with Gasteiger partial charge in [0.05, 0.1) is 15.5 Å². The number of sulfonamides is 1. The average Bonchev–Trinajstić information content (AvgIpc) is 3.57. The Labute approximate surface area is 261 Å². The lowest BCUT2D eigenvalue weighted by Gasteiger charge is -2.22. The van der Waals surface area contributed by atoms with Crippen LogP contribution in [0.2, 0.25) is 0 Å². The van der Waals surface area contributed by atoms with Gasteiger partial charge in [0.1, 0.15) is 12.3 Å². The molecule has 4 aromatic heterocycles. The van der Waals surface area contributed by atoms with Crippen LogP contribution in [0.4, 0.5) is 5.82 Å². The van der Waals surface area contributed by atoms with Crippen molar-refractivity contribution in [3.05, 3.63) is 65.4 Å². The lowest BCUT2D eigenvalue weighted by Crippen LogP contribution is -2.28. The quantitative estimate of drug-likeness (QED) is 0.189. The number of aromatic nitrogens is 8. The molecule has 0 fully saturated rings. The molecule has 0 aliphatic heterocycles. The molecule has 0 saturated carbocycles. The SMILES string of the molecule is [2H]c1nc(S(=O)(=O)Nc2nc(-c3ccnc(-c4nn[nH]n4)c3)nc(OCC(C)(C)O)c2Oc2c(C)cccc2OC)c(C)c([2H])c1C. The van der Waals surface area contributed by atoms with Crippen LogP contribution < -0.4 is 18.9 Å². The van der Waals surface area contributed by atoms with Gasteiger partial charge in [-0.1, -0.05) is 18.2 Å². The van der Waals surface area contributed by atoms with Gasteiger partial charge in [0.25, 0.3) is 15.9 Å². The van der Waals surface area contributed by atoms with Crippen LogP contribution in [0.1, 0.15) is 33.3 Å². The normalized spacial score (nSPS) is 12.3. The number of nitrogens with zero attached hydrogens (tertiary/aromatic N) is 7. The van der Waals surface area contributed by atoms with Gasteiger partial charge in [-0.05, 0) is 74.7 Å². The summed E-state index contributed by atoms with van der Waals surface area (Å²) in [4.78, 5) is 17.3. The first kappa shape index (κ1) is 28.5. The highest BCUT2D eigenvalue weighted by atomic mass is 32.2. The molecule has 0 amide bonds. The summed E-state index contributed by atoms with van der Waals surface area (Å²) < 4.78 is 64.5. The van der Waals surface area contributed by atoms with E-state index in [1.807, 2.05) is 0 Å². The van der Waals surface area contributed by atoms with E-state index in [4.69, 9.17) is 17.0 Å². The molecule has 1 aromatic carbocycles. The largest absolute Gasteiger partial charge is 0.493 e. The number of aromatic amines is 1. The fourth-order valence-corrected chi connectivity index (χ4v) is 5.17. The van der Waals surface area contributed by atoms with Crippen molar-refractivity contribution in [2.45, 2.75) is 45.2 Å². The van der Waals surface area contributed by atoms with E-state index >= 15 is 0 Å². The molecule has 4 heterocycles. The summed E-state index contributed by atoms with van der Waals surface area (Å²) in [6.45, 7) is 7.46. The van der Waals surface area contributed by atoms with Crippen molar-refractivity contribution in [3.63, 3.8) is 0 Å². The van der Waals surface area contributed by atoms with E-state index in [2.05, 4.69) is 45.3 Å². The third kappa shape index (κ3) is 7.13. The fourth-order valence-electron chi connectivity index (χ4n) is 4.06. The maximum atomic E-state index is 13.9. The minimum atomic E-state index is -4.60. The third-order valence-corrected chi connectivity index (χ3v) is 7.46. The number of ether oxygens (including phenoxy) is 3. The summed E-state index contributed by atoms with van der Waals surface area (Å²) in [7, 11) is -3.15. The van der Waals surface area contributed by atoms with E-state index in [0.717, 1.165) is 0 Å². The fraction of sp³-hybridized carbons (Fsp3) is 0.276. The van der Waals surface area contributed by atoms with Gasteiger partial charge >= 0.3 is 0 Å². The lowest BCUT2D eigenvalue weighted by molar-refractivity contribution is 0.0260. The number of aliphatic hydroxyl groups is 1. The number of anilines is 1. The smallest absolute Gasteiger partial charge is 0.280 e. The highest BCUT2D eigenvalue weighted by Crippen LogP contribution is 2.43. The number of rotatable bonds is 11. The number of pyridine rings is 2. The summed E-state index contributed by atoms with van der Waals surface area (Å²) in [5.41, 5.74) is 0.224. The molecule has 15 nitrogen and oxygen atoms in total. The minimum absolute atomic E-state index is 0.0272. The Hall–Kier alpha value is -5.22. The van der Waals surface area contributed by atoms with Gasteiger partial charge in [0.2, 0.25) is 11.6 Å². The van der Waals surface area contributed by atoms with Gasteiger partial charge in [-0.25, -0.2) is 9.97 Å². The molecule has 45 heavy (non-hydrogen) atoms. The minimum Gasteiger partial charge on any atom is -0.493 e. The zero-order chi connectivity index (χ0) is 34.1. The molecule has 0 aliphatic rings. The molecule has 0 spiro atoms. The molecule has 0 unspecified atom stereocenters. The summed E-state index contributed by atoms with van der Waals surface area (Å²) in [5, 5.41) is 23.8. The van der Waals surface area contributed by atoms with Crippen LogP contribution >= 0.6 is 0 Å². The predicted molar refractivity (Wildman–Crippen MR) is 163 cm³/mol. The van der Waals surface area contributed by atoms with Crippen LogP contribution in [0.3, 0.4) is 0 Å². The van der Waals surface area contributed by atoms with Gasteiger partial charge in [0.15, 0.2) is 28.2 Å². The number of para-hydroxylation sites is 1. The first-order valence-electron chi connectivity index (χ1n) is 14.4. The van der Waals surface area contributed by atoms with E-state index in [9.17, 15) is 13.5 Å². The maximum absolute atomic E-state index is 13.9. The highest BCUT2D eigenvalue weighted by Gasteiger charge is 2.28. The molecule has 5 rings (SSSR count). The summed E-state index contributed by atoms with van der Waals surface area (Å²) in [6, 6.07) is 8.16. The van der Waals surface area contributed by atoms with Crippen LogP contribution in [-0.4, -0.2) is 73.4 Å². The number of hydrogen-bond donors (Lipinski definition) is 3. The molecule has 0 saturated heterocycles. The zero-order valence-electron chi connectivity index (χ0n) is 27.2. The maximum Gasteiger partial charge on any atom is 0.280 e. The second-order valence-electron chi connectivity index (χ2n) is 10.5. The van der Waals surface area contributed by atoms with Crippen molar-refractivity contribution in [3.8, 4) is 46.0 Å². The summed E-state index contributed by atoms with van der Waals surface area (Å²) >= 11 is 0. The number of tetrazole rings is 1. The Bertz CT molecular complexity index is 2060. The molecule has 0 radical (unpaired) electrons. The van der Waals surface area contributed by atoms with Crippen molar-refractivity contribution < 1.29 is 30.5 Å². The molecule has 3 N–H and O–H groups in total. The van der Waals surface area contributed by atoms with Gasteiger partial charge < -0.3 is 19.3 Å². The van der Waals surface area contributed by atoms with Crippen LogP contribution in [0.5, 0.6) is 23.1 Å². The average molecular weight is 636 g/mol. The monoisotopic (exact) mass is 635 g/mol. The zero-order valence-corrected chi connectivity index (χ0v) is 26.0. The van der Waals surface area contributed by atoms with Gasteiger partial charge in [0, 0.05) is 17.9 Å². The number of aryl methyl sites for hydroxylation is 1. The van der Waals surface area contributed by atoms with Gasteiger partial charge in [-0.2, -0.15) is 18.6 Å². The number of hydrogen-bond acceptors (Lipinski definition) is 13. The van der Waals surface area contributed by atoms with Crippen molar-refractivity contribution in [1.82, 2.24) is 40.6 Å². The van der Waals surface area contributed by atoms with Gasteiger partial charge in [-0.3, -0.25) is 9.71 Å². The summed E-state index contributed by atoms with van der Waals surface area (Å²) in [6.07, 6.45) is 1.09. The van der Waals surface area contributed by atoms with E-state index in [1.165, 1.54) is 41.0 Å². The van der Waals surface area contributed by atoms with E-state index < -0.39 is 20.7 Å². The van der Waals surface area contributed by atoms with Crippen molar-refractivity contribution in [2.75, 3.05) is 18.4 Å². The Balaban J connectivity index is 1.75. The number of H-pyrrole nitrogens is 1. The molecular formula is C29H31N9O6S. The van der Waals surface area contributed by atoms with Crippen LogP contribution in [0.25, 0.3) is 22.9 Å². The van der Waals surface area contributed by atoms with Crippen molar-refractivity contribution >= 4 is 15.8 Å². The molecule has 16 heteroatoms. The third-order valence-electron chi connectivity index (χ3n) is 6.10. The second kappa shape index (κ2) is 12.4. The Morgan fingerprint density at radius 2 is 1.87 bits per heavy atom. The summed E-state index contributed by atoms with van der Waals surface area (Å²) in [5.74, 6) is -0.156.